The highest BCUT2D eigenvalue weighted by molar-refractivity contribution is 5.68. The van der Waals surface area contributed by atoms with Crippen molar-refractivity contribution in [2.75, 3.05) is 11.5 Å². The summed E-state index contributed by atoms with van der Waals surface area (Å²) in [4.78, 5) is 5.82. The van der Waals surface area contributed by atoms with Crippen LogP contribution < -0.4 is 4.90 Å². The number of benzene rings is 1. The van der Waals surface area contributed by atoms with Crippen LogP contribution in [0, 0.1) is 23.8 Å². The second kappa shape index (κ2) is 6.86. The van der Waals surface area contributed by atoms with Crippen LogP contribution in [0.25, 0.3) is 0 Å². The molecule has 0 spiro atoms. The number of anilines is 2. The molecule has 2 aromatic rings. The molecule has 0 aliphatic rings. The lowest BCUT2D eigenvalue weighted by Gasteiger charge is -2.16. The van der Waals surface area contributed by atoms with Gasteiger partial charge in [-0.3, -0.25) is 9.88 Å². The van der Waals surface area contributed by atoms with Gasteiger partial charge in [0.05, 0.1) is 11.4 Å². The van der Waals surface area contributed by atoms with E-state index >= 15 is 0 Å². The number of aromatic nitrogens is 1. The SMILES string of the molecule is OCC#CC#CN(c1ccccc1)c1ccncc1. The smallest absolute Gasteiger partial charge is 0.105 e. The van der Waals surface area contributed by atoms with Gasteiger partial charge in [-0.15, -0.1) is 0 Å². The van der Waals surface area contributed by atoms with Crippen molar-refractivity contribution in [1.29, 1.82) is 0 Å². The zero-order valence-electron chi connectivity index (χ0n) is 10.2. The number of rotatable bonds is 2. The highest BCUT2D eigenvalue weighted by Gasteiger charge is 2.04. The van der Waals surface area contributed by atoms with Gasteiger partial charge in [-0.1, -0.05) is 24.1 Å². The summed E-state index contributed by atoms with van der Waals surface area (Å²) < 4.78 is 0. The van der Waals surface area contributed by atoms with Crippen LogP contribution in [0.5, 0.6) is 0 Å². The second-order valence-electron chi connectivity index (χ2n) is 3.57. The molecule has 2 rings (SSSR count). The Morgan fingerprint density at radius 2 is 1.63 bits per heavy atom. The van der Waals surface area contributed by atoms with Gasteiger partial charge in [-0.2, -0.15) is 0 Å². The van der Waals surface area contributed by atoms with Gasteiger partial charge in [-0.05, 0) is 30.2 Å². The molecule has 1 aromatic heterocycles. The largest absolute Gasteiger partial charge is 0.384 e. The Morgan fingerprint density at radius 1 is 0.947 bits per heavy atom. The second-order valence-corrected chi connectivity index (χ2v) is 3.57. The number of aliphatic hydroxyl groups excluding tert-OH is 1. The lowest BCUT2D eigenvalue weighted by Crippen LogP contribution is -2.08. The quantitative estimate of drug-likeness (QED) is 0.653. The van der Waals surface area contributed by atoms with E-state index in [1.54, 1.807) is 12.4 Å². The normalized spacial score (nSPS) is 8.68. The van der Waals surface area contributed by atoms with Gasteiger partial charge < -0.3 is 5.11 Å². The molecule has 1 N–H and O–H groups in total. The molecule has 92 valence electrons. The Bertz CT molecular complexity index is 591. The van der Waals surface area contributed by atoms with Crippen LogP contribution in [0.4, 0.5) is 11.4 Å². The number of pyridine rings is 1. The minimum Gasteiger partial charge on any atom is -0.384 e. The van der Waals surface area contributed by atoms with Gasteiger partial charge >= 0.3 is 0 Å². The zero-order valence-corrected chi connectivity index (χ0v) is 10.2. The fraction of sp³-hybridized carbons (Fsp3) is 0.0625. The Kier molecular flexibility index (Phi) is 4.58. The number of aliphatic hydroxyl groups is 1. The molecule has 3 nitrogen and oxygen atoms in total. The molecule has 0 aliphatic carbocycles. The highest BCUT2D eigenvalue weighted by atomic mass is 16.2. The van der Waals surface area contributed by atoms with E-state index in [0.29, 0.717) is 0 Å². The molecular formula is C16H12N2O. The number of hydrogen-bond acceptors (Lipinski definition) is 3. The van der Waals surface area contributed by atoms with Crippen LogP contribution in [0.15, 0.2) is 54.9 Å². The predicted molar refractivity (Wildman–Crippen MR) is 75.5 cm³/mol. The van der Waals surface area contributed by atoms with Gasteiger partial charge in [0.1, 0.15) is 6.61 Å². The van der Waals surface area contributed by atoms with Crippen LogP contribution in [0.3, 0.4) is 0 Å². The monoisotopic (exact) mass is 248 g/mol. The molecule has 0 radical (unpaired) electrons. The molecule has 0 fully saturated rings. The topological polar surface area (TPSA) is 36.4 Å². The lowest BCUT2D eigenvalue weighted by molar-refractivity contribution is 0.350. The molecule has 0 aliphatic heterocycles. The van der Waals surface area contributed by atoms with Crippen LogP contribution >= 0.6 is 0 Å². The molecule has 0 atom stereocenters. The van der Waals surface area contributed by atoms with Gasteiger partial charge in [0.2, 0.25) is 0 Å². The van der Waals surface area contributed by atoms with Crippen molar-refractivity contribution >= 4 is 11.4 Å². The minimum atomic E-state index is -0.185. The van der Waals surface area contributed by atoms with Crippen LogP contribution in [0.2, 0.25) is 0 Å². The van der Waals surface area contributed by atoms with Crippen molar-refractivity contribution in [2.24, 2.45) is 0 Å². The summed E-state index contributed by atoms with van der Waals surface area (Å²) >= 11 is 0. The average molecular weight is 248 g/mol. The summed E-state index contributed by atoms with van der Waals surface area (Å²) in [5, 5.41) is 8.60. The van der Waals surface area contributed by atoms with Crippen LogP contribution in [0.1, 0.15) is 0 Å². The molecule has 1 aromatic carbocycles. The van der Waals surface area contributed by atoms with Gasteiger partial charge in [0.25, 0.3) is 0 Å². The van der Waals surface area contributed by atoms with Crippen molar-refractivity contribution in [1.82, 2.24) is 4.98 Å². The maximum Gasteiger partial charge on any atom is 0.105 e. The summed E-state index contributed by atoms with van der Waals surface area (Å²) in [5.74, 6) is 7.80. The third-order valence-corrected chi connectivity index (χ3v) is 2.33. The first kappa shape index (κ1) is 12.7. The molecule has 0 unspecified atom stereocenters. The summed E-state index contributed by atoms with van der Waals surface area (Å²) in [6.07, 6.45) is 3.43. The fourth-order valence-electron chi connectivity index (χ4n) is 1.52. The summed E-state index contributed by atoms with van der Waals surface area (Å²) in [5.41, 5.74) is 1.87. The molecule has 0 saturated heterocycles. The molecule has 0 amide bonds. The maximum atomic E-state index is 8.60. The number of hydrogen-bond donors (Lipinski definition) is 1. The van der Waals surface area contributed by atoms with Gasteiger partial charge in [0.15, 0.2) is 0 Å². The molecule has 19 heavy (non-hydrogen) atoms. The Hall–Kier alpha value is -2.75. The third kappa shape index (κ3) is 3.61. The van der Waals surface area contributed by atoms with E-state index < -0.39 is 0 Å². The third-order valence-electron chi connectivity index (χ3n) is 2.33. The molecule has 0 bridgehead atoms. The van der Waals surface area contributed by atoms with Crippen LogP contribution in [-0.2, 0) is 0 Å². The van der Waals surface area contributed by atoms with Gasteiger partial charge in [0, 0.05) is 24.4 Å². The summed E-state index contributed by atoms with van der Waals surface area (Å²) in [6, 6.07) is 16.5. The maximum absolute atomic E-state index is 8.60. The summed E-state index contributed by atoms with van der Waals surface area (Å²) in [7, 11) is 0. The molecular weight excluding hydrogens is 236 g/mol. The zero-order chi connectivity index (χ0) is 13.3. The van der Waals surface area contributed by atoms with E-state index in [1.165, 1.54) is 0 Å². The van der Waals surface area contributed by atoms with Crippen molar-refractivity contribution in [3.63, 3.8) is 0 Å². The van der Waals surface area contributed by atoms with Crippen LogP contribution in [-0.4, -0.2) is 16.7 Å². The Balaban J connectivity index is 2.36. The van der Waals surface area contributed by atoms with Crippen molar-refractivity contribution in [3.05, 3.63) is 54.9 Å². The van der Waals surface area contributed by atoms with E-state index in [-0.39, 0.29) is 6.61 Å². The van der Waals surface area contributed by atoms with E-state index in [1.807, 2.05) is 47.4 Å². The highest BCUT2D eigenvalue weighted by Crippen LogP contribution is 2.22. The lowest BCUT2D eigenvalue weighted by atomic mass is 10.2. The minimum absolute atomic E-state index is 0.185. The fourth-order valence-corrected chi connectivity index (χ4v) is 1.52. The molecule has 0 saturated carbocycles. The van der Waals surface area contributed by atoms with Crippen molar-refractivity contribution in [2.45, 2.75) is 0 Å². The molecule has 3 heteroatoms. The Labute approximate surface area is 112 Å². The first-order chi connectivity index (χ1) is 9.42. The van der Waals surface area contributed by atoms with E-state index in [9.17, 15) is 0 Å². The Morgan fingerprint density at radius 3 is 2.32 bits per heavy atom. The van der Waals surface area contributed by atoms with Crippen molar-refractivity contribution in [3.8, 4) is 23.8 Å². The van der Waals surface area contributed by atoms with E-state index in [2.05, 4.69) is 28.8 Å². The molecule has 1 heterocycles. The predicted octanol–water partition coefficient (Wildman–Crippen LogP) is 2.18. The van der Waals surface area contributed by atoms with Gasteiger partial charge in [-0.25, -0.2) is 0 Å². The number of para-hydroxylation sites is 1. The summed E-state index contributed by atoms with van der Waals surface area (Å²) in [6.45, 7) is -0.185. The number of nitrogens with zero attached hydrogens (tertiary/aromatic N) is 2. The first-order valence-electron chi connectivity index (χ1n) is 5.76. The first-order valence-corrected chi connectivity index (χ1v) is 5.76. The van der Waals surface area contributed by atoms with E-state index in [0.717, 1.165) is 11.4 Å². The standard InChI is InChI=1S/C16H12N2O/c19-14-6-2-5-13-18(15-7-3-1-4-8-15)16-9-11-17-12-10-16/h1,3-4,7-12,19H,14H2. The van der Waals surface area contributed by atoms with E-state index in [4.69, 9.17) is 5.11 Å². The average Bonchev–Trinajstić information content (AvgIpc) is 2.49. The van der Waals surface area contributed by atoms with Crippen molar-refractivity contribution < 1.29 is 5.11 Å².